The summed E-state index contributed by atoms with van der Waals surface area (Å²) in [6.45, 7) is 1.92. The molecule has 0 saturated heterocycles. The van der Waals surface area contributed by atoms with Crippen LogP contribution in [0.4, 0.5) is 4.39 Å². The van der Waals surface area contributed by atoms with Gasteiger partial charge in [0.05, 0.1) is 5.54 Å². The number of nitrogens with two attached hydrogens (primary N) is 1. The number of nitrogens with zero attached hydrogens (tertiary/aromatic N) is 2. The van der Waals surface area contributed by atoms with Crippen LogP contribution in [0.15, 0.2) is 28.8 Å². The molecule has 0 bridgehead atoms. The van der Waals surface area contributed by atoms with E-state index in [0.717, 1.165) is 30.4 Å². The fourth-order valence-corrected chi connectivity index (χ4v) is 2.26. The number of halogens is 2. The molecule has 1 aromatic heterocycles. The standard InChI is InChI=1S/C15H16FN3O.ClH/c1-10(11-3-5-12(16)6-4-11)9-13-18-14(19-20-13)15(17)7-2-8-15;/h3-6,9H,2,7-8,17H2,1H3;1H/b10-9-;. The highest BCUT2D eigenvalue weighted by molar-refractivity contribution is 5.85. The summed E-state index contributed by atoms with van der Waals surface area (Å²) in [6.07, 6.45) is 4.68. The second-order valence-electron chi connectivity index (χ2n) is 5.30. The van der Waals surface area contributed by atoms with Gasteiger partial charge in [0.1, 0.15) is 5.82 Å². The molecule has 0 amide bonds. The van der Waals surface area contributed by atoms with Crippen LogP contribution in [-0.2, 0) is 5.54 Å². The average molecular weight is 310 g/mol. The largest absolute Gasteiger partial charge is 0.335 e. The van der Waals surface area contributed by atoms with Gasteiger partial charge in [-0.1, -0.05) is 17.3 Å². The highest BCUT2D eigenvalue weighted by Gasteiger charge is 2.38. The first-order chi connectivity index (χ1) is 9.57. The SMILES string of the molecule is C/C(=C/c1nc(C2(N)CCC2)no1)c1ccc(F)cc1.Cl. The number of hydrogen-bond donors (Lipinski definition) is 1. The van der Waals surface area contributed by atoms with E-state index in [1.54, 1.807) is 18.2 Å². The van der Waals surface area contributed by atoms with Crippen molar-refractivity contribution in [2.45, 2.75) is 31.7 Å². The van der Waals surface area contributed by atoms with Gasteiger partial charge in [0, 0.05) is 6.08 Å². The molecule has 21 heavy (non-hydrogen) atoms. The first-order valence-electron chi connectivity index (χ1n) is 6.64. The lowest BCUT2D eigenvalue weighted by Gasteiger charge is -2.34. The predicted octanol–water partition coefficient (Wildman–Crippen LogP) is 3.53. The molecule has 1 aromatic carbocycles. The van der Waals surface area contributed by atoms with Crippen molar-refractivity contribution in [2.24, 2.45) is 5.73 Å². The van der Waals surface area contributed by atoms with Crippen molar-refractivity contribution >= 4 is 24.1 Å². The Balaban J connectivity index is 0.00000161. The van der Waals surface area contributed by atoms with Crippen LogP contribution in [0.5, 0.6) is 0 Å². The molecule has 2 N–H and O–H groups in total. The summed E-state index contributed by atoms with van der Waals surface area (Å²) < 4.78 is 18.1. The molecule has 2 aromatic rings. The second kappa shape index (κ2) is 5.95. The van der Waals surface area contributed by atoms with Crippen LogP contribution in [0.2, 0.25) is 0 Å². The molecule has 4 nitrogen and oxygen atoms in total. The Labute approximate surface area is 128 Å². The van der Waals surface area contributed by atoms with Gasteiger partial charge in [-0.15, -0.1) is 12.4 Å². The minimum Gasteiger partial charge on any atom is -0.335 e. The van der Waals surface area contributed by atoms with Crippen molar-refractivity contribution < 1.29 is 8.91 Å². The summed E-state index contributed by atoms with van der Waals surface area (Å²) in [5.41, 5.74) is 7.58. The van der Waals surface area contributed by atoms with E-state index in [1.165, 1.54) is 12.1 Å². The molecule has 1 aliphatic carbocycles. The van der Waals surface area contributed by atoms with Crippen molar-refractivity contribution in [3.63, 3.8) is 0 Å². The molecule has 0 aliphatic heterocycles. The van der Waals surface area contributed by atoms with Gasteiger partial charge < -0.3 is 10.3 Å². The molecular weight excluding hydrogens is 293 g/mol. The van der Waals surface area contributed by atoms with Gasteiger partial charge >= 0.3 is 0 Å². The van der Waals surface area contributed by atoms with Crippen molar-refractivity contribution in [3.05, 3.63) is 47.4 Å². The monoisotopic (exact) mass is 309 g/mol. The Morgan fingerprint density at radius 3 is 2.57 bits per heavy atom. The van der Waals surface area contributed by atoms with Crippen LogP contribution >= 0.6 is 12.4 Å². The van der Waals surface area contributed by atoms with E-state index in [9.17, 15) is 4.39 Å². The summed E-state index contributed by atoms with van der Waals surface area (Å²) >= 11 is 0. The number of allylic oxidation sites excluding steroid dienone is 1. The minimum absolute atomic E-state index is 0. The lowest BCUT2D eigenvalue weighted by molar-refractivity contribution is 0.229. The first-order valence-corrected chi connectivity index (χ1v) is 6.64. The molecule has 0 radical (unpaired) electrons. The lowest BCUT2D eigenvalue weighted by Crippen LogP contribution is -2.44. The summed E-state index contributed by atoms with van der Waals surface area (Å²) in [7, 11) is 0. The van der Waals surface area contributed by atoms with Crippen LogP contribution in [0, 0.1) is 5.82 Å². The summed E-state index contributed by atoms with van der Waals surface area (Å²) in [4.78, 5) is 4.33. The van der Waals surface area contributed by atoms with Gasteiger partial charge in [-0.2, -0.15) is 4.98 Å². The Bertz CT molecular complexity index is 647. The molecule has 1 heterocycles. The zero-order valence-electron chi connectivity index (χ0n) is 11.7. The smallest absolute Gasteiger partial charge is 0.250 e. The maximum absolute atomic E-state index is 12.9. The van der Waals surface area contributed by atoms with Crippen molar-refractivity contribution in [1.82, 2.24) is 10.1 Å². The molecule has 3 rings (SSSR count). The third-order valence-corrected chi connectivity index (χ3v) is 3.77. The van der Waals surface area contributed by atoms with Gasteiger partial charge in [0.15, 0.2) is 5.82 Å². The molecular formula is C15H17ClFN3O. The van der Waals surface area contributed by atoms with Gasteiger partial charge in [0.2, 0.25) is 0 Å². The van der Waals surface area contributed by atoms with Crippen molar-refractivity contribution in [3.8, 4) is 0 Å². The van der Waals surface area contributed by atoms with Crippen molar-refractivity contribution in [2.75, 3.05) is 0 Å². The summed E-state index contributed by atoms with van der Waals surface area (Å²) in [6, 6.07) is 6.29. The number of benzene rings is 1. The van der Waals surface area contributed by atoms with E-state index in [1.807, 2.05) is 6.92 Å². The van der Waals surface area contributed by atoms with E-state index < -0.39 is 5.54 Å². The van der Waals surface area contributed by atoms with E-state index >= 15 is 0 Å². The molecule has 1 fully saturated rings. The van der Waals surface area contributed by atoms with Crippen molar-refractivity contribution in [1.29, 1.82) is 0 Å². The summed E-state index contributed by atoms with van der Waals surface area (Å²) in [5, 5.41) is 3.96. The highest BCUT2D eigenvalue weighted by atomic mass is 35.5. The van der Waals surface area contributed by atoms with Gasteiger partial charge in [-0.25, -0.2) is 4.39 Å². The van der Waals surface area contributed by atoms with Crippen LogP contribution in [0.3, 0.4) is 0 Å². The quantitative estimate of drug-likeness (QED) is 0.942. The third-order valence-electron chi connectivity index (χ3n) is 3.77. The molecule has 1 aliphatic rings. The molecule has 6 heteroatoms. The zero-order valence-corrected chi connectivity index (χ0v) is 12.5. The highest BCUT2D eigenvalue weighted by Crippen LogP contribution is 2.37. The Kier molecular flexibility index (Phi) is 4.44. The van der Waals surface area contributed by atoms with E-state index in [-0.39, 0.29) is 18.2 Å². The van der Waals surface area contributed by atoms with Crippen LogP contribution in [-0.4, -0.2) is 10.1 Å². The predicted molar refractivity (Wildman–Crippen MR) is 81.2 cm³/mol. The number of aromatic nitrogens is 2. The van der Waals surface area contributed by atoms with E-state index in [0.29, 0.717) is 11.7 Å². The summed E-state index contributed by atoms with van der Waals surface area (Å²) in [5.74, 6) is 0.747. The van der Waals surface area contributed by atoms with Crippen LogP contribution in [0.1, 0.15) is 43.5 Å². The average Bonchev–Trinajstić information content (AvgIpc) is 2.85. The van der Waals surface area contributed by atoms with Gasteiger partial charge in [0.25, 0.3) is 5.89 Å². The third kappa shape index (κ3) is 3.14. The van der Waals surface area contributed by atoms with Gasteiger partial charge in [-0.05, 0) is 49.5 Å². The minimum atomic E-state index is -0.417. The first kappa shape index (κ1) is 15.7. The number of rotatable bonds is 3. The molecule has 0 atom stereocenters. The maximum atomic E-state index is 12.9. The Hall–Kier alpha value is -1.72. The normalized spacial score (nSPS) is 17.0. The fourth-order valence-electron chi connectivity index (χ4n) is 2.26. The topological polar surface area (TPSA) is 64.9 Å². The maximum Gasteiger partial charge on any atom is 0.250 e. The Morgan fingerprint density at radius 2 is 2.00 bits per heavy atom. The molecule has 0 spiro atoms. The van der Waals surface area contributed by atoms with E-state index in [2.05, 4.69) is 10.1 Å². The van der Waals surface area contributed by atoms with Crippen LogP contribution in [0.25, 0.3) is 11.6 Å². The molecule has 1 saturated carbocycles. The second-order valence-corrected chi connectivity index (χ2v) is 5.30. The van der Waals surface area contributed by atoms with Gasteiger partial charge in [-0.3, -0.25) is 0 Å². The zero-order chi connectivity index (χ0) is 14.2. The lowest BCUT2D eigenvalue weighted by atomic mass is 9.77. The number of hydrogen-bond acceptors (Lipinski definition) is 4. The molecule has 112 valence electrons. The molecule has 0 unspecified atom stereocenters. The Morgan fingerprint density at radius 1 is 1.33 bits per heavy atom. The fraction of sp³-hybridized carbons (Fsp3) is 0.333. The van der Waals surface area contributed by atoms with Crippen LogP contribution < -0.4 is 5.73 Å². The van der Waals surface area contributed by atoms with E-state index in [4.69, 9.17) is 10.3 Å².